The summed E-state index contributed by atoms with van der Waals surface area (Å²) in [6.45, 7) is 3.60. The van der Waals surface area contributed by atoms with Crippen molar-refractivity contribution in [1.82, 2.24) is 14.5 Å². The number of benzene rings is 2. The van der Waals surface area contributed by atoms with E-state index < -0.39 is 23.3 Å². The van der Waals surface area contributed by atoms with Gasteiger partial charge in [-0.2, -0.15) is 18.2 Å². The Labute approximate surface area is 181 Å². The summed E-state index contributed by atoms with van der Waals surface area (Å²) in [6.07, 6.45) is -3.09. The molecule has 9 heteroatoms. The average Bonchev–Trinajstić information content (AvgIpc) is 2.75. The number of rotatable bonds is 4. The van der Waals surface area contributed by atoms with Crippen LogP contribution in [0.15, 0.2) is 65.6 Å². The molecular weight excluding hydrogens is 419 g/mol. The third-order valence-electron chi connectivity index (χ3n) is 5.18. The molecule has 3 N–H and O–H groups in total. The van der Waals surface area contributed by atoms with Crippen LogP contribution in [0.2, 0.25) is 0 Å². The minimum Gasteiger partial charge on any atom is -0.368 e. The molecule has 6 nitrogen and oxygen atoms in total. The van der Waals surface area contributed by atoms with Crippen molar-refractivity contribution in [3.63, 3.8) is 0 Å². The van der Waals surface area contributed by atoms with E-state index in [2.05, 4.69) is 15.3 Å². The van der Waals surface area contributed by atoms with Crippen LogP contribution in [0.4, 0.5) is 24.9 Å². The zero-order valence-electron chi connectivity index (χ0n) is 17.3. The Bertz CT molecular complexity index is 1350. The SMILES string of the molecule is Cc1cnc(N)nc1N[C@@H](C)c1cc2cccc(C(F)(F)F)c2c(=O)n1-c1ccccc1. The van der Waals surface area contributed by atoms with Crippen molar-refractivity contribution in [1.29, 1.82) is 0 Å². The van der Waals surface area contributed by atoms with Crippen molar-refractivity contribution in [2.24, 2.45) is 0 Å². The van der Waals surface area contributed by atoms with Gasteiger partial charge in [0.25, 0.3) is 5.56 Å². The maximum Gasteiger partial charge on any atom is 0.417 e. The van der Waals surface area contributed by atoms with Gasteiger partial charge in [0.15, 0.2) is 0 Å². The number of para-hydroxylation sites is 1. The number of nitrogens with zero attached hydrogens (tertiary/aromatic N) is 3. The molecule has 1 atom stereocenters. The number of nitrogen functional groups attached to an aromatic ring is 1. The monoisotopic (exact) mass is 439 g/mol. The zero-order chi connectivity index (χ0) is 23.0. The molecule has 0 saturated heterocycles. The Hall–Kier alpha value is -3.88. The molecule has 0 unspecified atom stereocenters. The van der Waals surface area contributed by atoms with Crippen molar-refractivity contribution >= 4 is 22.5 Å². The smallest absolute Gasteiger partial charge is 0.368 e. The average molecular weight is 439 g/mol. The molecule has 4 aromatic rings. The van der Waals surface area contributed by atoms with Crippen molar-refractivity contribution in [3.8, 4) is 5.69 Å². The minimum absolute atomic E-state index is 0.0825. The minimum atomic E-state index is -4.66. The normalized spacial score (nSPS) is 12.7. The molecule has 0 aliphatic rings. The van der Waals surface area contributed by atoms with Gasteiger partial charge in [-0.15, -0.1) is 0 Å². The summed E-state index contributed by atoms with van der Waals surface area (Å²) in [5.74, 6) is 0.556. The van der Waals surface area contributed by atoms with Gasteiger partial charge in [-0.05, 0) is 43.5 Å². The molecule has 2 heterocycles. The fraction of sp³-hybridized carbons (Fsp3) is 0.174. The predicted molar refractivity (Wildman–Crippen MR) is 118 cm³/mol. The third kappa shape index (κ3) is 3.89. The summed E-state index contributed by atoms with van der Waals surface area (Å²) in [5.41, 5.74) is 5.66. The molecule has 2 aromatic carbocycles. The fourth-order valence-electron chi connectivity index (χ4n) is 3.66. The van der Waals surface area contributed by atoms with Crippen molar-refractivity contribution < 1.29 is 13.2 Å². The van der Waals surface area contributed by atoms with E-state index in [1.807, 2.05) is 0 Å². The number of pyridine rings is 1. The molecule has 0 amide bonds. The summed E-state index contributed by atoms with van der Waals surface area (Å²) in [4.78, 5) is 21.6. The van der Waals surface area contributed by atoms with Gasteiger partial charge in [-0.25, -0.2) is 4.98 Å². The molecule has 0 radical (unpaired) electrons. The van der Waals surface area contributed by atoms with Crippen LogP contribution in [0.1, 0.15) is 29.8 Å². The van der Waals surface area contributed by atoms with E-state index in [0.29, 0.717) is 17.2 Å². The maximum atomic E-state index is 13.7. The molecule has 0 saturated carbocycles. The molecule has 0 bridgehead atoms. The second-order valence-corrected chi connectivity index (χ2v) is 7.44. The largest absolute Gasteiger partial charge is 0.417 e. The van der Waals surface area contributed by atoms with E-state index in [1.165, 1.54) is 16.7 Å². The summed E-state index contributed by atoms with van der Waals surface area (Å²) in [6, 6.07) is 13.4. The van der Waals surface area contributed by atoms with Crippen LogP contribution in [0.3, 0.4) is 0 Å². The molecule has 0 fully saturated rings. The van der Waals surface area contributed by atoms with Gasteiger partial charge < -0.3 is 11.1 Å². The van der Waals surface area contributed by atoms with E-state index in [1.54, 1.807) is 56.4 Å². The number of aromatic nitrogens is 3. The number of anilines is 2. The van der Waals surface area contributed by atoms with Crippen molar-refractivity contribution in [2.45, 2.75) is 26.1 Å². The van der Waals surface area contributed by atoms with Gasteiger partial charge in [0.2, 0.25) is 5.95 Å². The van der Waals surface area contributed by atoms with Crippen LogP contribution < -0.4 is 16.6 Å². The highest BCUT2D eigenvalue weighted by Gasteiger charge is 2.34. The molecule has 32 heavy (non-hydrogen) atoms. The number of aryl methyl sites for hydroxylation is 1. The highest BCUT2D eigenvalue weighted by Crippen LogP contribution is 2.34. The zero-order valence-corrected chi connectivity index (χ0v) is 17.3. The van der Waals surface area contributed by atoms with Crippen LogP contribution in [0.25, 0.3) is 16.5 Å². The van der Waals surface area contributed by atoms with Crippen LogP contribution in [0, 0.1) is 6.92 Å². The lowest BCUT2D eigenvalue weighted by Gasteiger charge is -2.23. The second kappa shape index (κ2) is 7.99. The number of alkyl halides is 3. The maximum absolute atomic E-state index is 13.7. The predicted octanol–water partition coefficient (Wildman–Crippen LogP) is 4.86. The van der Waals surface area contributed by atoms with Gasteiger partial charge in [-0.3, -0.25) is 9.36 Å². The first-order chi connectivity index (χ1) is 15.2. The number of nitrogens with one attached hydrogen (secondary N) is 1. The van der Waals surface area contributed by atoms with Crippen molar-refractivity contribution in [2.75, 3.05) is 11.1 Å². The van der Waals surface area contributed by atoms with Gasteiger partial charge in [0.1, 0.15) is 5.82 Å². The van der Waals surface area contributed by atoms with Crippen LogP contribution in [-0.4, -0.2) is 14.5 Å². The van der Waals surface area contributed by atoms with Gasteiger partial charge >= 0.3 is 6.18 Å². The molecule has 4 rings (SSSR count). The Kier molecular flexibility index (Phi) is 5.33. The van der Waals surface area contributed by atoms with Crippen LogP contribution >= 0.6 is 0 Å². The topological polar surface area (TPSA) is 85.8 Å². The second-order valence-electron chi connectivity index (χ2n) is 7.44. The lowest BCUT2D eigenvalue weighted by Crippen LogP contribution is -2.27. The van der Waals surface area contributed by atoms with Gasteiger partial charge in [0, 0.05) is 23.1 Å². The standard InChI is InChI=1S/C23H20F3N5O/c1-13-12-28-22(27)30-20(13)29-14(2)18-11-15-7-6-10-17(23(24,25)26)19(15)21(32)31(18)16-8-4-3-5-9-16/h3-12,14H,1-2H3,(H3,27,28,29,30)/t14-/m0/s1. The summed E-state index contributed by atoms with van der Waals surface area (Å²) in [7, 11) is 0. The van der Waals surface area contributed by atoms with E-state index in [-0.39, 0.29) is 16.7 Å². The number of hydrogen-bond donors (Lipinski definition) is 2. The fourth-order valence-corrected chi connectivity index (χ4v) is 3.66. The summed E-state index contributed by atoms with van der Waals surface area (Å²) < 4.78 is 42.3. The van der Waals surface area contributed by atoms with E-state index in [4.69, 9.17) is 5.73 Å². The summed E-state index contributed by atoms with van der Waals surface area (Å²) in [5, 5.41) is 3.04. The molecule has 2 aromatic heterocycles. The Morgan fingerprint density at radius 2 is 1.81 bits per heavy atom. The third-order valence-corrected chi connectivity index (χ3v) is 5.18. The first kappa shape index (κ1) is 21.4. The molecule has 0 aliphatic heterocycles. The van der Waals surface area contributed by atoms with Gasteiger partial charge in [-0.1, -0.05) is 30.3 Å². The lowest BCUT2D eigenvalue weighted by molar-refractivity contribution is -0.136. The summed E-state index contributed by atoms with van der Waals surface area (Å²) >= 11 is 0. The number of hydrogen-bond acceptors (Lipinski definition) is 5. The number of nitrogens with two attached hydrogens (primary N) is 1. The first-order valence-electron chi connectivity index (χ1n) is 9.84. The van der Waals surface area contributed by atoms with Gasteiger partial charge in [0.05, 0.1) is 17.0 Å². The Balaban J connectivity index is 1.98. The molecule has 0 aliphatic carbocycles. The van der Waals surface area contributed by atoms with Crippen LogP contribution in [0.5, 0.6) is 0 Å². The number of fused-ring (bicyclic) bond motifs is 1. The van der Waals surface area contributed by atoms with E-state index >= 15 is 0 Å². The molecule has 164 valence electrons. The highest BCUT2D eigenvalue weighted by atomic mass is 19.4. The van der Waals surface area contributed by atoms with E-state index in [9.17, 15) is 18.0 Å². The van der Waals surface area contributed by atoms with Crippen LogP contribution in [-0.2, 0) is 6.18 Å². The molecular formula is C23H20F3N5O. The quantitative estimate of drug-likeness (QED) is 0.474. The van der Waals surface area contributed by atoms with E-state index in [0.717, 1.165) is 11.6 Å². The lowest BCUT2D eigenvalue weighted by atomic mass is 10.0. The molecule has 0 spiro atoms. The Morgan fingerprint density at radius 1 is 1.09 bits per heavy atom. The Morgan fingerprint density at radius 3 is 2.50 bits per heavy atom. The van der Waals surface area contributed by atoms with Crippen molar-refractivity contribution in [3.05, 3.63) is 88.0 Å². The first-order valence-corrected chi connectivity index (χ1v) is 9.84. The number of halogens is 3. The highest BCUT2D eigenvalue weighted by molar-refractivity contribution is 5.86.